The van der Waals surface area contributed by atoms with E-state index >= 15 is 0 Å². The van der Waals surface area contributed by atoms with Crippen molar-refractivity contribution >= 4 is 23.9 Å². The van der Waals surface area contributed by atoms with E-state index in [0.29, 0.717) is 5.16 Å². The SMILES string of the molecule is Cc1cc(C)nc(SCC(=O)N/N=C\c2cc(C)n(C)c2C)n1. The topological polar surface area (TPSA) is 72.2 Å². The molecule has 0 aliphatic carbocycles. The van der Waals surface area contributed by atoms with Crippen LogP contribution in [0.1, 0.15) is 28.3 Å². The van der Waals surface area contributed by atoms with Crippen LogP contribution in [0.3, 0.4) is 0 Å². The smallest absolute Gasteiger partial charge is 0.250 e. The van der Waals surface area contributed by atoms with Crippen molar-refractivity contribution in [3.8, 4) is 0 Å². The molecule has 0 spiro atoms. The molecule has 0 atom stereocenters. The Balaban J connectivity index is 1.87. The Bertz CT molecular complexity index is 731. The third-order valence-electron chi connectivity index (χ3n) is 3.50. The quantitative estimate of drug-likeness (QED) is 0.395. The van der Waals surface area contributed by atoms with Gasteiger partial charge in [0.2, 0.25) is 0 Å². The lowest BCUT2D eigenvalue weighted by atomic mass is 10.3. The molecular formula is C16H21N5OS. The van der Waals surface area contributed by atoms with E-state index in [4.69, 9.17) is 0 Å². The number of thioether (sulfide) groups is 1. The van der Waals surface area contributed by atoms with Crippen LogP contribution < -0.4 is 5.43 Å². The molecule has 0 bridgehead atoms. The number of nitrogens with zero attached hydrogens (tertiary/aromatic N) is 4. The maximum absolute atomic E-state index is 11.8. The maximum Gasteiger partial charge on any atom is 0.250 e. The van der Waals surface area contributed by atoms with Gasteiger partial charge in [0.25, 0.3) is 5.91 Å². The van der Waals surface area contributed by atoms with E-state index in [9.17, 15) is 4.79 Å². The molecule has 0 saturated carbocycles. The predicted molar refractivity (Wildman–Crippen MR) is 92.9 cm³/mol. The molecule has 6 nitrogen and oxygen atoms in total. The number of hydrazone groups is 1. The molecule has 1 amide bonds. The highest BCUT2D eigenvalue weighted by Crippen LogP contribution is 2.13. The van der Waals surface area contributed by atoms with Crippen molar-refractivity contribution in [3.63, 3.8) is 0 Å². The summed E-state index contributed by atoms with van der Waals surface area (Å²) in [5, 5.41) is 4.62. The molecule has 0 aliphatic rings. The first kappa shape index (κ1) is 17.2. The van der Waals surface area contributed by atoms with Crippen LogP contribution in [0, 0.1) is 27.7 Å². The van der Waals surface area contributed by atoms with Gasteiger partial charge in [-0.2, -0.15) is 5.10 Å². The fraction of sp³-hybridized carbons (Fsp3) is 0.375. The first-order valence-corrected chi connectivity index (χ1v) is 8.25. The Morgan fingerprint density at radius 2 is 1.91 bits per heavy atom. The summed E-state index contributed by atoms with van der Waals surface area (Å²) in [7, 11) is 2.00. The number of hydrogen-bond acceptors (Lipinski definition) is 5. The van der Waals surface area contributed by atoms with Gasteiger partial charge in [0.15, 0.2) is 5.16 Å². The van der Waals surface area contributed by atoms with Crippen molar-refractivity contribution < 1.29 is 4.79 Å². The Morgan fingerprint density at radius 1 is 1.26 bits per heavy atom. The normalized spacial score (nSPS) is 11.2. The summed E-state index contributed by atoms with van der Waals surface area (Å²) in [4.78, 5) is 20.4. The second kappa shape index (κ2) is 7.41. The highest BCUT2D eigenvalue weighted by atomic mass is 32.2. The van der Waals surface area contributed by atoms with E-state index in [2.05, 4.69) is 25.1 Å². The summed E-state index contributed by atoms with van der Waals surface area (Å²) in [5.41, 5.74) is 7.58. The molecule has 2 heterocycles. The van der Waals surface area contributed by atoms with Crippen LogP contribution in [-0.4, -0.2) is 32.4 Å². The fourth-order valence-electron chi connectivity index (χ4n) is 2.11. The van der Waals surface area contributed by atoms with Crippen molar-refractivity contribution in [2.45, 2.75) is 32.9 Å². The second-order valence-corrected chi connectivity index (χ2v) is 6.34. The highest BCUT2D eigenvalue weighted by molar-refractivity contribution is 7.99. The molecule has 0 aromatic carbocycles. The third-order valence-corrected chi connectivity index (χ3v) is 4.35. The van der Waals surface area contributed by atoms with Crippen LogP contribution in [0.4, 0.5) is 0 Å². The Morgan fingerprint density at radius 3 is 2.48 bits per heavy atom. The Hall–Kier alpha value is -2.15. The van der Waals surface area contributed by atoms with Crippen LogP contribution in [0.25, 0.3) is 0 Å². The van der Waals surface area contributed by atoms with Gasteiger partial charge in [-0.1, -0.05) is 11.8 Å². The number of carbonyl (C=O) groups is 1. The minimum absolute atomic E-state index is 0.181. The summed E-state index contributed by atoms with van der Waals surface area (Å²) in [6.07, 6.45) is 1.66. The van der Waals surface area contributed by atoms with Gasteiger partial charge in [0.1, 0.15) is 0 Å². The number of carbonyl (C=O) groups excluding carboxylic acids is 1. The van der Waals surface area contributed by atoms with Gasteiger partial charge < -0.3 is 4.57 Å². The van der Waals surface area contributed by atoms with Crippen LogP contribution in [0.15, 0.2) is 22.4 Å². The van der Waals surface area contributed by atoms with E-state index in [1.165, 1.54) is 11.8 Å². The van der Waals surface area contributed by atoms with Crippen LogP contribution in [-0.2, 0) is 11.8 Å². The standard InChI is InChI=1S/C16H21N5OS/c1-10-6-11(2)19-16(18-10)23-9-15(22)20-17-8-14-7-12(3)21(5)13(14)4/h6-8H,9H2,1-5H3,(H,20,22)/b17-8-. The molecule has 0 saturated heterocycles. The summed E-state index contributed by atoms with van der Waals surface area (Å²) >= 11 is 1.30. The monoisotopic (exact) mass is 331 g/mol. The molecule has 2 rings (SSSR count). The van der Waals surface area contributed by atoms with Gasteiger partial charge >= 0.3 is 0 Å². The fourth-order valence-corrected chi connectivity index (χ4v) is 2.85. The number of aryl methyl sites for hydroxylation is 3. The number of rotatable bonds is 5. The van der Waals surface area contributed by atoms with Gasteiger partial charge in [0.05, 0.1) is 12.0 Å². The van der Waals surface area contributed by atoms with Crippen molar-refractivity contribution in [1.82, 2.24) is 20.0 Å². The molecule has 122 valence electrons. The van der Waals surface area contributed by atoms with Gasteiger partial charge in [-0.3, -0.25) is 4.79 Å². The molecular weight excluding hydrogens is 310 g/mol. The number of amides is 1. The third kappa shape index (κ3) is 4.66. The van der Waals surface area contributed by atoms with Gasteiger partial charge in [-0.05, 0) is 39.8 Å². The molecule has 2 aromatic heterocycles. The van der Waals surface area contributed by atoms with Gasteiger partial charge in [-0.25, -0.2) is 15.4 Å². The summed E-state index contributed by atoms with van der Waals surface area (Å²) < 4.78 is 2.08. The predicted octanol–water partition coefficient (Wildman–Crippen LogP) is 2.29. The van der Waals surface area contributed by atoms with E-state index in [-0.39, 0.29) is 11.7 Å². The maximum atomic E-state index is 11.8. The molecule has 0 radical (unpaired) electrons. The molecule has 1 N–H and O–H groups in total. The van der Waals surface area contributed by atoms with E-state index in [0.717, 1.165) is 28.3 Å². The molecule has 2 aromatic rings. The van der Waals surface area contributed by atoms with E-state index in [1.807, 2.05) is 46.9 Å². The largest absolute Gasteiger partial charge is 0.352 e. The van der Waals surface area contributed by atoms with E-state index in [1.54, 1.807) is 6.21 Å². The molecule has 7 heteroatoms. The molecule has 0 aliphatic heterocycles. The second-order valence-electron chi connectivity index (χ2n) is 5.40. The summed E-state index contributed by atoms with van der Waals surface area (Å²) in [6, 6.07) is 3.93. The first-order valence-electron chi connectivity index (χ1n) is 7.26. The number of aromatic nitrogens is 3. The zero-order valence-corrected chi connectivity index (χ0v) is 14.9. The number of nitrogens with one attached hydrogen (secondary N) is 1. The summed E-state index contributed by atoms with van der Waals surface area (Å²) in [5.74, 6) is 0.0480. The lowest BCUT2D eigenvalue weighted by Gasteiger charge is -2.02. The van der Waals surface area contributed by atoms with Crippen LogP contribution >= 0.6 is 11.8 Å². The van der Waals surface area contributed by atoms with Gasteiger partial charge in [0, 0.05) is 35.4 Å². The summed E-state index contributed by atoms with van der Waals surface area (Å²) in [6.45, 7) is 7.87. The Labute approximate surface area is 140 Å². The lowest BCUT2D eigenvalue weighted by molar-refractivity contribution is -0.118. The Kier molecular flexibility index (Phi) is 5.54. The minimum atomic E-state index is -0.181. The average molecular weight is 331 g/mol. The average Bonchev–Trinajstić information content (AvgIpc) is 2.72. The van der Waals surface area contributed by atoms with E-state index < -0.39 is 0 Å². The first-order chi connectivity index (χ1) is 10.9. The molecule has 0 unspecified atom stereocenters. The van der Waals surface area contributed by atoms with Crippen molar-refractivity contribution in [3.05, 3.63) is 40.5 Å². The van der Waals surface area contributed by atoms with Crippen molar-refractivity contribution in [1.29, 1.82) is 0 Å². The van der Waals surface area contributed by atoms with Crippen LogP contribution in [0.2, 0.25) is 0 Å². The van der Waals surface area contributed by atoms with Gasteiger partial charge in [-0.15, -0.1) is 0 Å². The zero-order chi connectivity index (χ0) is 17.0. The number of hydrogen-bond donors (Lipinski definition) is 1. The van der Waals surface area contributed by atoms with Crippen molar-refractivity contribution in [2.75, 3.05) is 5.75 Å². The molecule has 23 heavy (non-hydrogen) atoms. The van der Waals surface area contributed by atoms with Crippen molar-refractivity contribution in [2.24, 2.45) is 12.1 Å². The minimum Gasteiger partial charge on any atom is -0.352 e. The lowest BCUT2D eigenvalue weighted by Crippen LogP contribution is -2.19. The van der Waals surface area contributed by atoms with Crippen LogP contribution in [0.5, 0.6) is 0 Å². The highest BCUT2D eigenvalue weighted by Gasteiger charge is 2.06. The zero-order valence-electron chi connectivity index (χ0n) is 14.0. The molecule has 0 fully saturated rings.